The van der Waals surface area contributed by atoms with E-state index >= 15 is 0 Å². The van der Waals surface area contributed by atoms with Crippen LogP contribution in [0.5, 0.6) is 6.01 Å². The summed E-state index contributed by atoms with van der Waals surface area (Å²) >= 11 is 0. The Labute approximate surface area is 220 Å². The van der Waals surface area contributed by atoms with Crippen LogP contribution in [0.25, 0.3) is 10.9 Å². The first-order valence-corrected chi connectivity index (χ1v) is 12.9. The molecule has 5 rings (SSSR count). The number of halogens is 1. The van der Waals surface area contributed by atoms with E-state index in [1.165, 1.54) is 0 Å². The van der Waals surface area contributed by atoms with Crippen LogP contribution >= 0.6 is 0 Å². The van der Waals surface area contributed by atoms with Crippen LogP contribution in [0.4, 0.5) is 10.1 Å². The molecule has 1 aliphatic carbocycles. The van der Waals surface area contributed by atoms with E-state index in [2.05, 4.69) is 39.3 Å². The second-order valence-corrected chi connectivity index (χ2v) is 9.90. The molecule has 200 valence electrons. The van der Waals surface area contributed by atoms with Gasteiger partial charge in [-0.2, -0.15) is 4.98 Å². The van der Waals surface area contributed by atoms with Crippen molar-refractivity contribution in [1.82, 2.24) is 20.6 Å². The minimum absolute atomic E-state index is 0.140. The fourth-order valence-corrected chi connectivity index (χ4v) is 5.09. The predicted octanol–water partition coefficient (Wildman–Crippen LogP) is 1.56. The van der Waals surface area contributed by atoms with Gasteiger partial charge in [-0.05, 0) is 38.1 Å². The van der Waals surface area contributed by atoms with Crippen LogP contribution in [0.15, 0.2) is 53.8 Å². The normalized spacial score (nSPS) is 24.9. The Kier molecular flexibility index (Phi) is 7.50. The lowest BCUT2D eigenvalue weighted by molar-refractivity contribution is -0.556. The summed E-state index contributed by atoms with van der Waals surface area (Å²) < 4.78 is 25.8. The van der Waals surface area contributed by atoms with Gasteiger partial charge in [0, 0.05) is 54.6 Å². The molecule has 0 spiro atoms. The number of allylic oxidation sites excluding steroid dienone is 4. The van der Waals surface area contributed by atoms with Gasteiger partial charge in [0.1, 0.15) is 18.0 Å². The van der Waals surface area contributed by atoms with Crippen molar-refractivity contribution in [3.63, 3.8) is 0 Å². The highest BCUT2D eigenvalue weighted by Gasteiger charge is 2.26. The fraction of sp³-hybridized carbons (Fsp3) is 0.407. The summed E-state index contributed by atoms with van der Waals surface area (Å²) in [6, 6.07) is 4.42. The van der Waals surface area contributed by atoms with Crippen LogP contribution in [0.3, 0.4) is 0 Å². The van der Waals surface area contributed by atoms with Gasteiger partial charge >= 0.3 is 6.01 Å². The molecule has 2 aromatic rings. The highest BCUT2D eigenvalue weighted by Crippen LogP contribution is 2.31. The number of amides is 1. The molecule has 1 aromatic heterocycles. The summed E-state index contributed by atoms with van der Waals surface area (Å²) in [6.07, 6.45) is 6.67. The molecule has 3 aliphatic rings. The zero-order valence-electron chi connectivity index (χ0n) is 21.8. The average molecular weight is 523 g/mol. The summed E-state index contributed by atoms with van der Waals surface area (Å²) in [5, 5.41) is 16.7. The molecule has 2 saturated heterocycles. The highest BCUT2D eigenvalue weighted by molar-refractivity contribution is 6.13. The van der Waals surface area contributed by atoms with Crippen molar-refractivity contribution in [1.29, 1.82) is 5.41 Å². The molecule has 10 nitrogen and oxygen atoms in total. The number of nitrogens with one attached hydrogen (secondary N) is 3. The molecule has 3 heterocycles. The van der Waals surface area contributed by atoms with E-state index in [1.807, 2.05) is 6.07 Å². The minimum atomic E-state index is -0.713. The van der Waals surface area contributed by atoms with E-state index in [0.29, 0.717) is 42.0 Å². The second-order valence-electron chi connectivity index (χ2n) is 9.90. The molecular formula is C27H33FN7O3+. The molecule has 2 fully saturated rings. The Morgan fingerprint density at radius 1 is 1.32 bits per heavy atom. The topological polar surface area (TPSA) is 129 Å². The molecular weight excluding hydrogens is 489 g/mol. The number of carbonyl (C=O) groups is 1. The lowest BCUT2D eigenvalue weighted by atomic mass is 10.0. The Morgan fingerprint density at radius 3 is 2.82 bits per heavy atom. The Balaban J connectivity index is 1.52. The van der Waals surface area contributed by atoms with Gasteiger partial charge in [0.2, 0.25) is 0 Å². The first-order valence-electron chi connectivity index (χ1n) is 12.9. The summed E-state index contributed by atoms with van der Waals surface area (Å²) in [5.41, 5.74) is 2.12. The van der Waals surface area contributed by atoms with Gasteiger partial charge in [0.15, 0.2) is 5.83 Å². The van der Waals surface area contributed by atoms with Crippen molar-refractivity contribution in [2.24, 2.45) is 0 Å². The van der Waals surface area contributed by atoms with Crippen molar-refractivity contribution >= 4 is 28.2 Å². The van der Waals surface area contributed by atoms with Gasteiger partial charge in [-0.1, -0.05) is 0 Å². The number of benzene rings is 1. The first kappa shape index (κ1) is 26.0. The molecule has 1 amide bonds. The number of hydrogen-bond acceptors (Lipinski definition) is 8. The monoisotopic (exact) mass is 522 g/mol. The van der Waals surface area contributed by atoms with Crippen LogP contribution < -0.4 is 25.6 Å². The van der Waals surface area contributed by atoms with Crippen molar-refractivity contribution in [2.45, 2.75) is 38.5 Å². The molecule has 3 atom stereocenters. The number of anilines is 1. The van der Waals surface area contributed by atoms with Gasteiger partial charge in [-0.3, -0.25) is 10.2 Å². The molecule has 2 aliphatic heterocycles. The Hall–Kier alpha value is -3.67. The van der Waals surface area contributed by atoms with Crippen LogP contribution in [-0.2, 0) is 4.74 Å². The quantitative estimate of drug-likeness (QED) is 0.453. The van der Waals surface area contributed by atoms with Crippen molar-refractivity contribution in [3.05, 3.63) is 59.3 Å². The number of fused-ring (bicyclic) bond motifs is 1. The third-order valence-corrected chi connectivity index (χ3v) is 6.73. The second kappa shape index (κ2) is 11.0. The molecule has 1 aromatic carbocycles. The molecule has 0 bridgehead atoms. The zero-order valence-corrected chi connectivity index (χ0v) is 21.8. The van der Waals surface area contributed by atoms with Gasteiger partial charge in [0.05, 0.1) is 36.9 Å². The zero-order chi connectivity index (χ0) is 26.8. The summed E-state index contributed by atoms with van der Waals surface area (Å²) in [4.78, 5) is 24.9. The van der Waals surface area contributed by atoms with E-state index in [-0.39, 0.29) is 23.5 Å². The maximum absolute atomic E-state index is 14.4. The third-order valence-electron chi connectivity index (χ3n) is 6.73. The van der Waals surface area contributed by atoms with Crippen LogP contribution in [0.1, 0.15) is 30.6 Å². The van der Waals surface area contributed by atoms with Crippen molar-refractivity contribution in [2.75, 3.05) is 38.3 Å². The summed E-state index contributed by atoms with van der Waals surface area (Å²) in [5.74, 6) is -1.16. The van der Waals surface area contributed by atoms with Crippen molar-refractivity contribution < 1.29 is 24.0 Å². The highest BCUT2D eigenvalue weighted by atomic mass is 19.1. The maximum atomic E-state index is 14.4. The smallest absolute Gasteiger partial charge is 0.317 e. The average Bonchev–Trinajstić information content (AvgIpc) is 3.39. The van der Waals surface area contributed by atoms with E-state index in [1.54, 1.807) is 36.9 Å². The lowest BCUT2D eigenvalue weighted by Crippen LogP contribution is -2.73. The molecule has 5 N–H and O–H groups in total. The van der Waals surface area contributed by atoms with Gasteiger partial charge in [0.25, 0.3) is 5.91 Å². The molecule has 11 heteroatoms. The van der Waals surface area contributed by atoms with Crippen LogP contribution in [0, 0.1) is 5.41 Å². The number of rotatable bonds is 6. The largest absolute Gasteiger partial charge is 0.458 e. The summed E-state index contributed by atoms with van der Waals surface area (Å²) in [7, 11) is 1.78. The van der Waals surface area contributed by atoms with Gasteiger partial charge in [-0.15, -0.1) is 0 Å². The number of aromatic nitrogens is 2. The van der Waals surface area contributed by atoms with Crippen LogP contribution in [0.2, 0.25) is 0 Å². The Morgan fingerprint density at radius 2 is 2.11 bits per heavy atom. The fourth-order valence-electron chi connectivity index (χ4n) is 5.09. The Bertz CT molecular complexity index is 1340. The van der Waals surface area contributed by atoms with Crippen molar-refractivity contribution in [3.8, 4) is 6.01 Å². The maximum Gasteiger partial charge on any atom is 0.317 e. The SMILES string of the molecule is C[NH2+]/C=C1/C=C(NC(=O)c2ccc(N3C[C@@H](C)N[C@@H](C)C3)c3cnc(OC4CCOC4)nc23)C=C(F)C1=N. The lowest BCUT2D eigenvalue weighted by Gasteiger charge is -2.38. The molecule has 38 heavy (non-hydrogen) atoms. The molecule has 0 radical (unpaired) electrons. The number of carbonyl (C=O) groups excluding carboxylic acids is 1. The number of ether oxygens (including phenoxy) is 2. The molecule has 0 saturated carbocycles. The number of nitrogens with two attached hydrogens (primary N) is 1. The van der Waals surface area contributed by atoms with Gasteiger partial charge in [-0.25, -0.2) is 9.37 Å². The third kappa shape index (κ3) is 5.45. The van der Waals surface area contributed by atoms with E-state index in [9.17, 15) is 9.18 Å². The predicted molar refractivity (Wildman–Crippen MR) is 142 cm³/mol. The summed E-state index contributed by atoms with van der Waals surface area (Å²) in [6.45, 7) is 6.98. The van der Waals surface area contributed by atoms with Gasteiger partial charge < -0.3 is 30.3 Å². The van der Waals surface area contributed by atoms with E-state index in [0.717, 1.165) is 36.7 Å². The first-order chi connectivity index (χ1) is 18.3. The molecule has 1 unspecified atom stereocenters. The number of piperazine rings is 1. The number of hydrogen-bond donors (Lipinski definition) is 4. The van der Waals surface area contributed by atoms with E-state index < -0.39 is 11.7 Å². The minimum Gasteiger partial charge on any atom is -0.458 e. The van der Waals surface area contributed by atoms with E-state index in [4.69, 9.17) is 14.9 Å². The number of quaternary nitrogens is 1. The van der Waals surface area contributed by atoms with Crippen LogP contribution in [-0.4, -0.2) is 73.1 Å². The number of nitrogens with zero attached hydrogens (tertiary/aromatic N) is 3. The standard InChI is InChI=1S/C27H32FN7O3/c1-15-12-35(13-16(2)32-15)23-5-4-20(25-21(23)11-31-27(34-25)38-19-6-7-37-14-19)26(36)33-18-8-17(10-30-3)24(29)22(28)9-18/h4-5,8-11,15-16,19,29-30,32H,6-7,12-14H2,1-3H3,(H,33,36)/p+1/b17-10-,29-24?/t15-,16+,19?.